The first-order chi connectivity index (χ1) is 8.11. The Morgan fingerprint density at radius 2 is 1.47 bits per heavy atom. The van der Waals surface area contributed by atoms with Gasteiger partial charge in [-0.05, 0) is 32.4 Å². The number of hydrogen-bond donors (Lipinski definition) is 1. The highest BCUT2D eigenvalue weighted by Gasteiger charge is 2.25. The van der Waals surface area contributed by atoms with Gasteiger partial charge in [0.1, 0.15) is 0 Å². The monoisotopic (exact) mass is 243 g/mol. The number of aliphatic hydroxyl groups excluding tert-OH is 1. The summed E-state index contributed by atoms with van der Waals surface area (Å²) in [4.78, 5) is 2.55. The van der Waals surface area contributed by atoms with Crippen LogP contribution in [0.1, 0.15) is 66.2 Å². The lowest BCUT2D eigenvalue weighted by Crippen LogP contribution is -2.39. The Hall–Kier alpha value is -0.0800. The Morgan fingerprint density at radius 1 is 0.941 bits per heavy atom. The van der Waals surface area contributed by atoms with Crippen LogP contribution in [0.25, 0.3) is 0 Å². The third-order valence-electron chi connectivity index (χ3n) is 3.50. The molecule has 0 saturated carbocycles. The molecule has 0 aromatic heterocycles. The summed E-state index contributed by atoms with van der Waals surface area (Å²) >= 11 is 0. The van der Waals surface area contributed by atoms with E-state index in [2.05, 4.69) is 32.6 Å². The second kappa shape index (κ2) is 9.90. The largest absolute Gasteiger partial charge is 0.396 e. The third kappa shape index (κ3) is 7.77. The van der Waals surface area contributed by atoms with Gasteiger partial charge in [-0.1, -0.05) is 47.0 Å². The zero-order chi connectivity index (χ0) is 13.1. The predicted octanol–water partition coefficient (Wildman–Crippen LogP) is 3.69. The molecule has 0 spiro atoms. The molecule has 104 valence electrons. The Bertz CT molecular complexity index is 164. The standard InChI is InChI=1S/C15H33NO/c1-5-8-11-16(12-9-6-2)13-15(4,14-17)10-7-3/h17H,5-14H2,1-4H3. The quantitative estimate of drug-likeness (QED) is 0.598. The molecule has 17 heavy (non-hydrogen) atoms. The van der Waals surface area contributed by atoms with Crippen molar-refractivity contribution in [2.75, 3.05) is 26.2 Å². The van der Waals surface area contributed by atoms with Gasteiger partial charge in [0.2, 0.25) is 0 Å². The van der Waals surface area contributed by atoms with E-state index in [1.165, 1.54) is 38.8 Å². The van der Waals surface area contributed by atoms with Crippen LogP contribution in [-0.4, -0.2) is 36.2 Å². The molecule has 1 N–H and O–H groups in total. The van der Waals surface area contributed by atoms with E-state index in [-0.39, 0.29) is 5.41 Å². The van der Waals surface area contributed by atoms with Crippen LogP contribution in [0.5, 0.6) is 0 Å². The molecule has 0 heterocycles. The molecule has 0 aromatic carbocycles. The van der Waals surface area contributed by atoms with Crippen molar-refractivity contribution < 1.29 is 5.11 Å². The van der Waals surface area contributed by atoms with Crippen molar-refractivity contribution in [3.63, 3.8) is 0 Å². The van der Waals surface area contributed by atoms with Crippen molar-refractivity contribution in [1.82, 2.24) is 4.90 Å². The lowest BCUT2D eigenvalue weighted by molar-refractivity contribution is 0.0783. The molecule has 0 aliphatic heterocycles. The highest BCUT2D eigenvalue weighted by molar-refractivity contribution is 4.77. The van der Waals surface area contributed by atoms with Gasteiger partial charge in [-0.2, -0.15) is 0 Å². The Labute approximate surface area is 108 Å². The zero-order valence-corrected chi connectivity index (χ0v) is 12.5. The minimum absolute atomic E-state index is 0.0935. The maximum absolute atomic E-state index is 9.59. The maximum atomic E-state index is 9.59. The number of unbranched alkanes of at least 4 members (excludes halogenated alkanes) is 2. The van der Waals surface area contributed by atoms with Gasteiger partial charge < -0.3 is 10.0 Å². The number of aliphatic hydroxyl groups is 1. The van der Waals surface area contributed by atoms with Gasteiger partial charge in [-0.3, -0.25) is 0 Å². The molecule has 0 amide bonds. The van der Waals surface area contributed by atoms with Crippen LogP contribution in [0, 0.1) is 5.41 Å². The SMILES string of the molecule is CCCCN(CCCC)CC(C)(CO)CCC. The fraction of sp³-hybridized carbons (Fsp3) is 1.00. The molecule has 1 unspecified atom stereocenters. The summed E-state index contributed by atoms with van der Waals surface area (Å²) in [6.07, 6.45) is 7.35. The van der Waals surface area contributed by atoms with Crippen LogP contribution in [0.15, 0.2) is 0 Å². The van der Waals surface area contributed by atoms with Crippen LogP contribution < -0.4 is 0 Å². The minimum atomic E-state index is 0.0935. The number of rotatable bonds is 11. The summed E-state index contributed by atoms with van der Waals surface area (Å²) in [6, 6.07) is 0. The highest BCUT2D eigenvalue weighted by Crippen LogP contribution is 2.24. The number of hydrogen-bond acceptors (Lipinski definition) is 2. The second-order valence-corrected chi connectivity index (χ2v) is 5.70. The molecule has 0 aromatic rings. The van der Waals surface area contributed by atoms with Gasteiger partial charge in [-0.15, -0.1) is 0 Å². The lowest BCUT2D eigenvalue weighted by Gasteiger charge is -2.34. The first kappa shape index (κ1) is 16.9. The predicted molar refractivity (Wildman–Crippen MR) is 76.4 cm³/mol. The van der Waals surface area contributed by atoms with Crippen molar-refractivity contribution in [3.8, 4) is 0 Å². The first-order valence-electron chi connectivity index (χ1n) is 7.45. The molecule has 0 aliphatic carbocycles. The summed E-state index contributed by atoms with van der Waals surface area (Å²) < 4.78 is 0. The molecule has 0 saturated heterocycles. The van der Waals surface area contributed by atoms with Gasteiger partial charge in [0.05, 0.1) is 0 Å². The van der Waals surface area contributed by atoms with E-state index in [1.807, 2.05) is 0 Å². The van der Waals surface area contributed by atoms with Crippen molar-refractivity contribution in [2.45, 2.75) is 66.2 Å². The molecule has 0 aliphatic rings. The normalized spacial score (nSPS) is 15.2. The van der Waals surface area contributed by atoms with E-state index < -0.39 is 0 Å². The van der Waals surface area contributed by atoms with E-state index in [1.54, 1.807) is 0 Å². The average molecular weight is 243 g/mol. The van der Waals surface area contributed by atoms with Crippen LogP contribution in [0.4, 0.5) is 0 Å². The zero-order valence-electron chi connectivity index (χ0n) is 12.5. The summed E-state index contributed by atoms with van der Waals surface area (Å²) in [6.45, 7) is 12.7. The maximum Gasteiger partial charge on any atom is 0.0497 e. The Balaban J connectivity index is 4.25. The summed E-state index contributed by atoms with van der Waals surface area (Å²) in [5, 5.41) is 9.59. The van der Waals surface area contributed by atoms with Crippen molar-refractivity contribution >= 4 is 0 Å². The van der Waals surface area contributed by atoms with Gasteiger partial charge >= 0.3 is 0 Å². The summed E-state index contributed by atoms with van der Waals surface area (Å²) in [7, 11) is 0. The highest BCUT2D eigenvalue weighted by atomic mass is 16.3. The van der Waals surface area contributed by atoms with Gasteiger partial charge in [0.15, 0.2) is 0 Å². The van der Waals surface area contributed by atoms with Crippen LogP contribution in [0.3, 0.4) is 0 Å². The van der Waals surface area contributed by atoms with Crippen LogP contribution in [0.2, 0.25) is 0 Å². The number of nitrogens with zero attached hydrogens (tertiary/aromatic N) is 1. The second-order valence-electron chi connectivity index (χ2n) is 5.70. The molecule has 2 heteroatoms. The fourth-order valence-corrected chi connectivity index (χ4v) is 2.38. The van der Waals surface area contributed by atoms with Gasteiger partial charge in [0, 0.05) is 18.6 Å². The lowest BCUT2D eigenvalue weighted by atomic mass is 9.86. The van der Waals surface area contributed by atoms with Crippen molar-refractivity contribution in [1.29, 1.82) is 0 Å². The smallest absolute Gasteiger partial charge is 0.0497 e. The fourth-order valence-electron chi connectivity index (χ4n) is 2.38. The topological polar surface area (TPSA) is 23.5 Å². The average Bonchev–Trinajstić information content (AvgIpc) is 2.33. The molecular formula is C15H33NO. The third-order valence-corrected chi connectivity index (χ3v) is 3.50. The van der Waals surface area contributed by atoms with E-state index in [9.17, 15) is 5.11 Å². The Morgan fingerprint density at radius 3 is 1.82 bits per heavy atom. The van der Waals surface area contributed by atoms with Crippen molar-refractivity contribution in [2.24, 2.45) is 5.41 Å². The molecule has 1 atom stereocenters. The van der Waals surface area contributed by atoms with E-state index in [0.29, 0.717) is 6.61 Å². The Kier molecular flexibility index (Phi) is 9.85. The van der Waals surface area contributed by atoms with Crippen molar-refractivity contribution in [3.05, 3.63) is 0 Å². The van der Waals surface area contributed by atoms with E-state index in [4.69, 9.17) is 0 Å². The molecule has 0 fully saturated rings. The minimum Gasteiger partial charge on any atom is -0.396 e. The van der Waals surface area contributed by atoms with E-state index in [0.717, 1.165) is 19.4 Å². The molecule has 2 nitrogen and oxygen atoms in total. The first-order valence-corrected chi connectivity index (χ1v) is 7.45. The van der Waals surface area contributed by atoms with Gasteiger partial charge in [0.25, 0.3) is 0 Å². The van der Waals surface area contributed by atoms with Gasteiger partial charge in [-0.25, -0.2) is 0 Å². The molecule has 0 rings (SSSR count). The summed E-state index contributed by atoms with van der Waals surface area (Å²) in [5.41, 5.74) is 0.0935. The van der Waals surface area contributed by atoms with Crippen LogP contribution in [-0.2, 0) is 0 Å². The van der Waals surface area contributed by atoms with Crippen LogP contribution >= 0.6 is 0 Å². The summed E-state index contributed by atoms with van der Waals surface area (Å²) in [5.74, 6) is 0. The van der Waals surface area contributed by atoms with E-state index >= 15 is 0 Å². The molecule has 0 bridgehead atoms. The molecular weight excluding hydrogens is 210 g/mol. The molecule has 0 radical (unpaired) electrons.